The molecule has 2 nitrogen and oxygen atoms in total. The van der Waals surface area contributed by atoms with E-state index in [1.807, 2.05) is 0 Å². The summed E-state index contributed by atoms with van der Waals surface area (Å²) in [7, 11) is 2.09. The van der Waals surface area contributed by atoms with Gasteiger partial charge in [-0.25, -0.2) is 0 Å². The highest BCUT2D eigenvalue weighted by Gasteiger charge is 2.38. The van der Waals surface area contributed by atoms with E-state index in [4.69, 9.17) is 11.6 Å². The van der Waals surface area contributed by atoms with Crippen molar-refractivity contribution in [2.45, 2.75) is 57.2 Å². The van der Waals surface area contributed by atoms with Crippen LogP contribution in [-0.2, 0) is 0 Å². The van der Waals surface area contributed by atoms with Gasteiger partial charge in [-0.05, 0) is 79.7 Å². The molecule has 1 aromatic carbocycles. The van der Waals surface area contributed by atoms with Crippen molar-refractivity contribution >= 4 is 33.2 Å². The molecule has 2 saturated heterocycles. The molecule has 0 spiro atoms. The summed E-state index contributed by atoms with van der Waals surface area (Å²) in [6.45, 7) is 2.06. The lowest BCUT2D eigenvalue weighted by Crippen LogP contribution is -2.56. The number of nitrogens with zero attached hydrogens (tertiary/aromatic N) is 1. The molecule has 20 heavy (non-hydrogen) atoms. The predicted molar refractivity (Wildman–Crippen MR) is 89.9 cm³/mol. The average Bonchev–Trinajstić information content (AvgIpc) is 2.41. The van der Waals surface area contributed by atoms with E-state index in [-0.39, 0.29) is 0 Å². The molecule has 110 valence electrons. The van der Waals surface area contributed by atoms with Crippen LogP contribution in [0, 0.1) is 6.92 Å². The molecule has 2 atom stereocenters. The molecular weight excluding hydrogens is 336 g/mol. The third-order valence-electron chi connectivity index (χ3n) is 4.89. The SMILES string of the molecule is CNC1CC2CCCC(C1)N2c1cc(Cl)c(C)cc1Br. The van der Waals surface area contributed by atoms with Gasteiger partial charge in [0.25, 0.3) is 0 Å². The largest absolute Gasteiger partial charge is 0.364 e. The van der Waals surface area contributed by atoms with Crippen molar-refractivity contribution in [3.63, 3.8) is 0 Å². The number of piperidine rings is 2. The zero-order chi connectivity index (χ0) is 14.3. The Labute approximate surface area is 135 Å². The van der Waals surface area contributed by atoms with Crippen molar-refractivity contribution in [3.05, 3.63) is 27.2 Å². The smallest absolute Gasteiger partial charge is 0.0530 e. The van der Waals surface area contributed by atoms with Crippen molar-refractivity contribution in [1.82, 2.24) is 5.32 Å². The number of halogens is 2. The molecule has 0 aliphatic carbocycles. The normalized spacial score (nSPS) is 29.6. The summed E-state index contributed by atoms with van der Waals surface area (Å²) in [6, 6.07) is 6.26. The van der Waals surface area contributed by atoms with Gasteiger partial charge in [0.2, 0.25) is 0 Å². The topological polar surface area (TPSA) is 15.3 Å². The monoisotopic (exact) mass is 356 g/mol. The van der Waals surface area contributed by atoms with Crippen LogP contribution in [0.4, 0.5) is 5.69 Å². The molecule has 1 N–H and O–H groups in total. The third-order valence-corrected chi connectivity index (χ3v) is 5.93. The molecular formula is C16H22BrClN2. The van der Waals surface area contributed by atoms with E-state index in [1.54, 1.807) is 0 Å². The van der Waals surface area contributed by atoms with Gasteiger partial charge in [-0.15, -0.1) is 0 Å². The maximum absolute atomic E-state index is 6.36. The molecule has 0 amide bonds. The Kier molecular flexibility index (Phi) is 4.30. The van der Waals surface area contributed by atoms with Crippen LogP contribution in [0.1, 0.15) is 37.7 Å². The summed E-state index contributed by atoms with van der Waals surface area (Å²) >= 11 is 10.1. The maximum Gasteiger partial charge on any atom is 0.0530 e. The summed E-state index contributed by atoms with van der Waals surface area (Å²) in [5.41, 5.74) is 2.42. The lowest BCUT2D eigenvalue weighted by Gasteiger charge is -2.50. The van der Waals surface area contributed by atoms with E-state index in [9.17, 15) is 0 Å². The van der Waals surface area contributed by atoms with Gasteiger partial charge in [-0.3, -0.25) is 0 Å². The molecule has 4 heteroatoms. The Hall–Kier alpha value is -0.250. The van der Waals surface area contributed by atoms with Crippen LogP contribution in [0.15, 0.2) is 16.6 Å². The second kappa shape index (κ2) is 5.86. The predicted octanol–water partition coefficient (Wildman–Crippen LogP) is 4.52. The summed E-state index contributed by atoms with van der Waals surface area (Å²) in [4.78, 5) is 2.63. The van der Waals surface area contributed by atoms with Crippen LogP contribution in [0.2, 0.25) is 5.02 Å². The first-order chi connectivity index (χ1) is 9.60. The fraction of sp³-hybridized carbons (Fsp3) is 0.625. The standard InChI is InChI=1S/C16H22BrClN2/c1-10-6-14(17)16(9-15(10)18)20-12-4-3-5-13(20)8-11(7-12)19-2/h6,9,11-13,19H,3-5,7-8H2,1-2H3. The Bertz CT molecular complexity index is 491. The zero-order valence-corrected chi connectivity index (χ0v) is 14.5. The fourth-order valence-corrected chi connectivity index (χ4v) is 4.66. The lowest BCUT2D eigenvalue weighted by molar-refractivity contribution is 0.252. The molecule has 0 aromatic heterocycles. The number of hydrogen-bond donors (Lipinski definition) is 1. The lowest BCUT2D eigenvalue weighted by atomic mass is 9.81. The second-order valence-corrected chi connectivity index (χ2v) is 7.42. The van der Waals surface area contributed by atoms with Crippen molar-refractivity contribution < 1.29 is 0 Å². The van der Waals surface area contributed by atoms with Crippen LogP contribution in [0.3, 0.4) is 0 Å². The Morgan fingerprint density at radius 1 is 1.25 bits per heavy atom. The van der Waals surface area contributed by atoms with Crippen LogP contribution in [0.5, 0.6) is 0 Å². The number of anilines is 1. The minimum absolute atomic E-state index is 0.648. The number of nitrogens with one attached hydrogen (secondary N) is 1. The van der Waals surface area contributed by atoms with Crippen molar-refractivity contribution in [2.75, 3.05) is 11.9 Å². The van der Waals surface area contributed by atoms with E-state index in [0.717, 1.165) is 10.6 Å². The van der Waals surface area contributed by atoms with E-state index < -0.39 is 0 Å². The Morgan fingerprint density at radius 2 is 1.90 bits per heavy atom. The molecule has 3 rings (SSSR count). The first kappa shape index (κ1) is 14.7. The molecule has 2 bridgehead atoms. The number of hydrogen-bond acceptors (Lipinski definition) is 2. The van der Waals surface area contributed by atoms with Crippen molar-refractivity contribution in [2.24, 2.45) is 0 Å². The summed E-state index contributed by atoms with van der Waals surface area (Å²) < 4.78 is 1.18. The summed E-state index contributed by atoms with van der Waals surface area (Å²) in [6.07, 6.45) is 6.44. The Balaban J connectivity index is 1.95. The first-order valence-corrected chi connectivity index (χ1v) is 8.68. The van der Waals surface area contributed by atoms with E-state index in [0.29, 0.717) is 18.1 Å². The molecule has 2 unspecified atom stereocenters. The van der Waals surface area contributed by atoms with Gasteiger partial charge in [0.05, 0.1) is 5.69 Å². The van der Waals surface area contributed by atoms with Gasteiger partial charge in [-0.1, -0.05) is 11.6 Å². The second-order valence-electron chi connectivity index (χ2n) is 6.16. The minimum Gasteiger partial charge on any atom is -0.364 e. The van der Waals surface area contributed by atoms with E-state index in [2.05, 4.69) is 52.3 Å². The van der Waals surface area contributed by atoms with E-state index >= 15 is 0 Å². The molecule has 1 aromatic rings. The van der Waals surface area contributed by atoms with Gasteiger partial charge < -0.3 is 10.2 Å². The quantitative estimate of drug-likeness (QED) is 0.837. The highest BCUT2D eigenvalue weighted by atomic mass is 79.9. The van der Waals surface area contributed by atoms with Crippen LogP contribution in [-0.4, -0.2) is 25.2 Å². The van der Waals surface area contributed by atoms with Gasteiger partial charge in [0.1, 0.15) is 0 Å². The van der Waals surface area contributed by atoms with Crippen molar-refractivity contribution in [3.8, 4) is 0 Å². The molecule has 2 aliphatic rings. The molecule has 2 fully saturated rings. The highest BCUT2D eigenvalue weighted by Crippen LogP contribution is 2.42. The number of aryl methyl sites for hydroxylation is 1. The van der Waals surface area contributed by atoms with E-state index in [1.165, 1.54) is 42.3 Å². The maximum atomic E-state index is 6.36. The third kappa shape index (κ3) is 2.60. The van der Waals surface area contributed by atoms with Gasteiger partial charge in [0, 0.05) is 27.6 Å². The minimum atomic E-state index is 0.648. The van der Waals surface area contributed by atoms with Crippen LogP contribution < -0.4 is 10.2 Å². The van der Waals surface area contributed by atoms with Gasteiger partial charge in [0.15, 0.2) is 0 Å². The number of benzene rings is 1. The van der Waals surface area contributed by atoms with Gasteiger partial charge in [-0.2, -0.15) is 0 Å². The Morgan fingerprint density at radius 3 is 2.50 bits per heavy atom. The molecule has 2 aliphatic heterocycles. The summed E-state index contributed by atoms with van der Waals surface area (Å²) in [5, 5.41) is 4.35. The first-order valence-electron chi connectivity index (χ1n) is 7.51. The van der Waals surface area contributed by atoms with Crippen LogP contribution >= 0.6 is 27.5 Å². The highest BCUT2D eigenvalue weighted by molar-refractivity contribution is 9.10. The van der Waals surface area contributed by atoms with Crippen LogP contribution in [0.25, 0.3) is 0 Å². The number of rotatable bonds is 2. The fourth-order valence-electron chi connectivity index (χ4n) is 3.84. The van der Waals surface area contributed by atoms with Crippen molar-refractivity contribution in [1.29, 1.82) is 0 Å². The number of fused-ring (bicyclic) bond motifs is 2. The molecule has 0 saturated carbocycles. The average molecular weight is 358 g/mol. The molecule has 0 radical (unpaired) electrons. The molecule has 2 heterocycles. The summed E-state index contributed by atoms with van der Waals surface area (Å²) in [5.74, 6) is 0. The zero-order valence-electron chi connectivity index (χ0n) is 12.1. The van der Waals surface area contributed by atoms with Gasteiger partial charge >= 0.3 is 0 Å².